The van der Waals surface area contributed by atoms with E-state index in [2.05, 4.69) is 0 Å². The number of hydrogen-bond donors (Lipinski definition) is 0. The van der Waals surface area contributed by atoms with Crippen molar-refractivity contribution in [1.29, 1.82) is 0 Å². The molecule has 0 spiro atoms. The zero-order valence-electron chi connectivity index (χ0n) is 7.70. The van der Waals surface area contributed by atoms with Crippen LogP contribution in [0.5, 0.6) is 0 Å². The van der Waals surface area contributed by atoms with E-state index in [1.54, 1.807) is 0 Å². The summed E-state index contributed by atoms with van der Waals surface area (Å²) < 4.78 is 61.0. The Kier molecular flexibility index (Phi) is 3.46. The number of carbonyl (C=O) groups is 1. The molecular weight excluding hydrogens is 219 g/mol. The second-order valence-corrected chi connectivity index (χ2v) is 3.44. The maximum absolute atomic E-state index is 12.2. The molecule has 0 saturated heterocycles. The molecule has 0 N–H and O–H groups in total. The van der Waals surface area contributed by atoms with Crippen molar-refractivity contribution < 1.29 is 26.7 Å². The van der Waals surface area contributed by atoms with Crippen LogP contribution in [0.15, 0.2) is 11.7 Å². The summed E-state index contributed by atoms with van der Waals surface area (Å²) in [4.78, 5) is 11.1. The average molecular weight is 228 g/mol. The van der Waals surface area contributed by atoms with Gasteiger partial charge in [0.15, 0.2) is 0 Å². The van der Waals surface area contributed by atoms with Gasteiger partial charge in [-0.05, 0) is 12.8 Å². The third-order valence-corrected chi connectivity index (χ3v) is 2.41. The fourth-order valence-electron chi connectivity index (χ4n) is 1.72. The van der Waals surface area contributed by atoms with E-state index in [0.717, 1.165) is 0 Å². The Morgan fingerprint density at radius 3 is 2.20 bits per heavy atom. The largest absolute Gasteiger partial charge is 0.418 e. The molecule has 1 aliphatic carbocycles. The van der Waals surface area contributed by atoms with E-state index >= 15 is 0 Å². The summed E-state index contributed by atoms with van der Waals surface area (Å²) in [5, 5.41) is 0. The van der Waals surface area contributed by atoms with Gasteiger partial charge < -0.3 is 0 Å². The highest BCUT2D eigenvalue weighted by molar-refractivity contribution is 5.84. The summed E-state index contributed by atoms with van der Waals surface area (Å²) >= 11 is 0. The average Bonchev–Trinajstić information content (AvgIpc) is 2.05. The van der Waals surface area contributed by atoms with Gasteiger partial charge in [0.2, 0.25) is 0 Å². The monoisotopic (exact) mass is 228 g/mol. The molecule has 1 atom stereocenters. The van der Waals surface area contributed by atoms with Gasteiger partial charge in [-0.3, -0.25) is 4.79 Å². The van der Waals surface area contributed by atoms with Gasteiger partial charge in [-0.25, -0.2) is 0 Å². The zero-order chi connectivity index (χ0) is 11.6. The lowest BCUT2D eigenvalue weighted by molar-refractivity contribution is -0.132. The van der Waals surface area contributed by atoms with E-state index in [0.29, 0.717) is 12.8 Å². The summed E-state index contributed by atoms with van der Waals surface area (Å²) in [6.45, 7) is 0. The number of carbonyl (C=O) groups excluding carboxylic acids is 1. The van der Waals surface area contributed by atoms with E-state index in [9.17, 15) is 26.7 Å². The molecule has 1 rings (SSSR count). The maximum Gasteiger partial charge on any atom is 0.418 e. The normalized spacial score (nSPS) is 22.7. The van der Waals surface area contributed by atoms with Crippen LogP contribution in [-0.2, 0) is 4.79 Å². The number of alkyl halides is 3. The molecule has 0 amide bonds. The molecule has 0 bridgehead atoms. The van der Waals surface area contributed by atoms with Gasteiger partial charge in [0.05, 0.1) is 5.92 Å². The van der Waals surface area contributed by atoms with E-state index in [1.807, 2.05) is 0 Å². The molecule has 6 heteroatoms. The summed E-state index contributed by atoms with van der Waals surface area (Å²) in [7, 11) is 0. The molecule has 86 valence electrons. The lowest BCUT2D eigenvalue weighted by Gasteiger charge is -2.23. The summed E-state index contributed by atoms with van der Waals surface area (Å²) in [6, 6.07) is 0. The van der Waals surface area contributed by atoms with Crippen molar-refractivity contribution in [3.05, 3.63) is 11.7 Å². The van der Waals surface area contributed by atoms with Crippen LogP contribution < -0.4 is 0 Å². The van der Waals surface area contributed by atoms with Crippen LogP contribution >= 0.6 is 0 Å². The molecule has 1 nitrogen and oxygen atoms in total. The first-order valence-electron chi connectivity index (χ1n) is 4.49. The van der Waals surface area contributed by atoms with Gasteiger partial charge in [0, 0.05) is 6.42 Å². The highest BCUT2D eigenvalue weighted by Crippen LogP contribution is 2.39. The van der Waals surface area contributed by atoms with Crippen LogP contribution in [0.2, 0.25) is 0 Å². The summed E-state index contributed by atoms with van der Waals surface area (Å²) in [5.41, 5.74) is -1.95. The van der Waals surface area contributed by atoms with Gasteiger partial charge in [-0.1, -0.05) is 6.42 Å². The Bertz CT molecular complexity index is 287. The highest BCUT2D eigenvalue weighted by Gasteiger charge is 2.45. The fraction of sp³-hybridized carbons (Fsp3) is 0.667. The van der Waals surface area contributed by atoms with Gasteiger partial charge in [0.25, 0.3) is 6.08 Å². The number of ketones is 1. The molecule has 0 aliphatic heterocycles. The number of halogens is 5. The third kappa shape index (κ3) is 2.76. The Hall–Kier alpha value is -0.940. The van der Waals surface area contributed by atoms with Crippen LogP contribution in [0.25, 0.3) is 0 Å². The minimum absolute atomic E-state index is 0.0441. The van der Waals surface area contributed by atoms with E-state index in [1.165, 1.54) is 0 Å². The van der Waals surface area contributed by atoms with Crippen LogP contribution in [0, 0.1) is 5.92 Å². The Morgan fingerprint density at radius 1 is 1.20 bits per heavy atom. The van der Waals surface area contributed by atoms with Crippen molar-refractivity contribution in [3.8, 4) is 0 Å². The predicted molar refractivity (Wildman–Crippen MR) is 42.3 cm³/mol. The molecule has 15 heavy (non-hydrogen) atoms. The van der Waals surface area contributed by atoms with Crippen LogP contribution in [0.3, 0.4) is 0 Å². The van der Waals surface area contributed by atoms with Gasteiger partial charge in [0.1, 0.15) is 11.4 Å². The van der Waals surface area contributed by atoms with Crippen molar-refractivity contribution >= 4 is 5.78 Å². The Balaban J connectivity index is 3.01. The minimum atomic E-state index is -5.11. The van der Waals surface area contributed by atoms with Gasteiger partial charge >= 0.3 is 6.18 Å². The number of hydrogen-bond acceptors (Lipinski definition) is 1. The predicted octanol–water partition coefficient (Wildman–Crippen LogP) is 3.46. The van der Waals surface area contributed by atoms with Crippen molar-refractivity contribution in [2.24, 2.45) is 5.92 Å². The van der Waals surface area contributed by atoms with Gasteiger partial charge in [-0.2, -0.15) is 22.0 Å². The molecule has 1 fully saturated rings. The zero-order valence-corrected chi connectivity index (χ0v) is 7.70. The number of rotatable bonds is 1. The standard InChI is InChI=1S/C9H9F5O/c10-8(11)7(9(12,13)14)5-3-1-2-4-6(5)15/h5H,1-4H2. The van der Waals surface area contributed by atoms with Crippen molar-refractivity contribution in [2.45, 2.75) is 31.9 Å². The van der Waals surface area contributed by atoms with Crippen molar-refractivity contribution in [1.82, 2.24) is 0 Å². The van der Waals surface area contributed by atoms with E-state index in [-0.39, 0.29) is 12.8 Å². The third-order valence-electron chi connectivity index (χ3n) is 2.41. The minimum Gasteiger partial charge on any atom is -0.299 e. The molecule has 0 aromatic rings. The molecule has 1 unspecified atom stereocenters. The quantitative estimate of drug-likeness (QED) is 0.628. The molecule has 0 aromatic carbocycles. The first kappa shape index (κ1) is 12.1. The smallest absolute Gasteiger partial charge is 0.299 e. The summed E-state index contributed by atoms with van der Waals surface area (Å²) in [5.74, 6) is -2.40. The first-order chi connectivity index (χ1) is 6.84. The Labute approximate surface area is 83.0 Å². The number of allylic oxidation sites excluding steroid dienone is 1. The molecule has 1 saturated carbocycles. The molecule has 0 heterocycles. The molecule has 0 radical (unpaired) electrons. The second-order valence-electron chi connectivity index (χ2n) is 3.44. The molecule has 0 aromatic heterocycles. The van der Waals surface area contributed by atoms with Crippen molar-refractivity contribution in [3.63, 3.8) is 0 Å². The van der Waals surface area contributed by atoms with E-state index < -0.39 is 29.5 Å². The van der Waals surface area contributed by atoms with E-state index in [4.69, 9.17) is 0 Å². The molecule has 1 aliphatic rings. The SMILES string of the molecule is O=C1CCCCC1C(=C(F)F)C(F)(F)F. The first-order valence-corrected chi connectivity index (χ1v) is 4.49. The van der Waals surface area contributed by atoms with Gasteiger partial charge in [-0.15, -0.1) is 0 Å². The fourth-order valence-corrected chi connectivity index (χ4v) is 1.72. The lowest BCUT2D eigenvalue weighted by atomic mass is 9.83. The topological polar surface area (TPSA) is 17.1 Å². The number of Topliss-reactive ketones (excluding diaryl/α,β-unsaturated/α-hetero) is 1. The lowest BCUT2D eigenvalue weighted by Crippen LogP contribution is -2.29. The second kappa shape index (κ2) is 4.28. The molecular formula is C9H9F5O. The van der Waals surface area contributed by atoms with Crippen LogP contribution in [0.1, 0.15) is 25.7 Å². The summed E-state index contributed by atoms with van der Waals surface area (Å²) in [6.07, 6.45) is -7.22. The highest BCUT2D eigenvalue weighted by atomic mass is 19.4. The Morgan fingerprint density at radius 2 is 1.80 bits per heavy atom. The van der Waals surface area contributed by atoms with Crippen LogP contribution in [-0.4, -0.2) is 12.0 Å². The maximum atomic E-state index is 12.2. The van der Waals surface area contributed by atoms with Crippen LogP contribution in [0.4, 0.5) is 22.0 Å². The van der Waals surface area contributed by atoms with Crippen molar-refractivity contribution in [2.75, 3.05) is 0 Å².